The Balaban J connectivity index is 1.48. The van der Waals surface area contributed by atoms with Crippen LogP contribution < -0.4 is 0 Å². The second kappa shape index (κ2) is 7.89. The lowest BCUT2D eigenvalue weighted by molar-refractivity contribution is -0.197. The first-order valence-electron chi connectivity index (χ1n) is 8.53. The van der Waals surface area contributed by atoms with Gasteiger partial charge in [0.2, 0.25) is 0 Å². The summed E-state index contributed by atoms with van der Waals surface area (Å²) in [5.74, 6) is 0.978. The highest BCUT2D eigenvalue weighted by atomic mass is 19.1. The molecule has 23 heavy (non-hydrogen) atoms. The number of hydrogen-bond acceptors (Lipinski definition) is 2. The molecule has 1 unspecified atom stereocenters. The quantitative estimate of drug-likeness (QED) is 0.702. The van der Waals surface area contributed by atoms with Crippen molar-refractivity contribution in [2.75, 3.05) is 13.2 Å². The molecule has 1 aromatic rings. The van der Waals surface area contributed by atoms with E-state index in [2.05, 4.69) is 30.8 Å². The molecular formula is C20H25FO2. The summed E-state index contributed by atoms with van der Waals surface area (Å²) in [6.07, 6.45) is 8.04. The normalized spacial score (nSPS) is 28.2. The second-order valence-electron chi connectivity index (χ2n) is 6.57. The average molecular weight is 316 g/mol. The van der Waals surface area contributed by atoms with E-state index in [1.165, 1.54) is 5.56 Å². The number of hydrogen-bond donors (Lipinski definition) is 0. The Morgan fingerprint density at radius 3 is 2.52 bits per heavy atom. The molecule has 0 aromatic heterocycles. The van der Waals surface area contributed by atoms with Crippen LogP contribution in [0, 0.1) is 11.8 Å². The molecule has 2 nitrogen and oxygen atoms in total. The predicted octanol–water partition coefficient (Wildman–Crippen LogP) is 5.12. The topological polar surface area (TPSA) is 18.5 Å². The van der Waals surface area contributed by atoms with Gasteiger partial charge in [0.05, 0.1) is 19.0 Å². The summed E-state index contributed by atoms with van der Waals surface area (Å²) in [6.45, 7) is 5.11. The first-order chi connectivity index (χ1) is 11.2. The van der Waals surface area contributed by atoms with E-state index in [1.807, 2.05) is 6.08 Å². The lowest BCUT2D eigenvalue weighted by Crippen LogP contribution is -2.25. The largest absolute Gasteiger partial charge is 0.348 e. The van der Waals surface area contributed by atoms with Crippen LogP contribution >= 0.6 is 0 Å². The van der Waals surface area contributed by atoms with Gasteiger partial charge in [-0.3, -0.25) is 0 Å². The Morgan fingerprint density at radius 1 is 1.17 bits per heavy atom. The zero-order valence-electron chi connectivity index (χ0n) is 13.5. The summed E-state index contributed by atoms with van der Waals surface area (Å²) in [5.41, 5.74) is 2.39. The van der Waals surface area contributed by atoms with Gasteiger partial charge in [-0.1, -0.05) is 36.4 Å². The van der Waals surface area contributed by atoms with Crippen LogP contribution in [-0.2, 0) is 15.9 Å². The van der Waals surface area contributed by atoms with E-state index in [0.29, 0.717) is 31.5 Å². The van der Waals surface area contributed by atoms with Gasteiger partial charge < -0.3 is 9.47 Å². The van der Waals surface area contributed by atoms with Gasteiger partial charge in [-0.15, -0.1) is 6.58 Å². The van der Waals surface area contributed by atoms with E-state index in [9.17, 15) is 4.39 Å². The number of rotatable bonds is 5. The predicted molar refractivity (Wildman–Crippen MR) is 89.6 cm³/mol. The SMILES string of the molecule is C=C[C@H]1CO[C@H](c2ccc(CCC3CC=C(F)CC3)cc2)OC1. The molecule has 1 aliphatic heterocycles. The van der Waals surface area contributed by atoms with Crippen LogP contribution in [-0.4, -0.2) is 13.2 Å². The highest BCUT2D eigenvalue weighted by Crippen LogP contribution is 2.29. The van der Waals surface area contributed by atoms with Crippen LogP contribution in [0.2, 0.25) is 0 Å². The van der Waals surface area contributed by atoms with Crippen LogP contribution in [0.5, 0.6) is 0 Å². The molecule has 3 rings (SSSR count). The highest BCUT2D eigenvalue weighted by Gasteiger charge is 2.21. The van der Waals surface area contributed by atoms with E-state index in [0.717, 1.165) is 31.2 Å². The van der Waals surface area contributed by atoms with E-state index >= 15 is 0 Å². The smallest absolute Gasteiger partial charge is 0.183 e. The van der Waals surface area contributed by atoms with Crippen molar-refractivity contribution in [3.8, 4) is 0 Å². The first-order valence-corrected chi connectivity index (χ1v) is 8.53. The van der Waals surface area contributed by atoms with Crippen molar-refractivity contribution in [1.82, 2.24) is 0 Å². The fourth-order valence-electron chi connectivity index (χ4n) is 3.18. The van der Waals surface area contributed by atoms with Crippen LogP contribution in [0.1, 0.15) is 43.1 Å². The van der Waals surface area contributed by atoms with Crippen LogP contribution in [0.3, 0.4) is 0 Å². The highest BCUT2D eigenvalue weighted by molar-refractivity contribution is 5.24. The van der Waals surface area contributed by atoms with Crippen molar-refractivity contribution in [1.29, 1.82) is 0 Å². The van der Waals surface area contributed by atoms with Gasteiger partial charge in [0.25, 0.3) is 0 Å². The second-order valence-corrected chi connectivity index (χ2v) is 6.57. The molecule has 0 spiro atoms. The molecule has 0 saturated carbocycles. The van der Waals surface area contributed by atoms with Gasteiger partial charge in [0.15, 0.2) is 6.29 Å². The number of benzene rings is 1. The van der Waals surface area contributed by atoms with Crippen LogP contribution in [0.4, 0.5) is 4.39 Å². The third-order valence-electron chi connectivity index (χ3n) is 4.81. The molecule has 3 heteroatoms. The Morgan fingerprint density at radius 2 is 1.91 bits per heavy atom. The molecular weight excluding hydrogens is 291 g/mol. The minimum absolute atomic E-state index is 0.0665. The fraction of sp³-hybridized carbons (Fsp3) is 0.500. The number of allylic oxidation sites excluding steroid dienone is 2. The average Bonchev–Trinajstić information content (AvgIpc) is 2.62. The summed E-state index contributed by atoms with van der Waals surface area (Å²) >= 11 is 0. The molecule has 2 aliphatic rings. The van der Waals surface area contributed by atoms with Gasteiger partial charge >= 0.3 is 0 Å². The third kappa shape index (κ3) is 4.52. The Labute approximate surface area is 138 Å². The van der Waals surface area contributed by atoms with Crippen LogP contribution in [0.15, 0.2) is 48.8 Å². The van der Waals surface area contributed by atoms with E-state index in [1.54, 1.807) is 6.08 Å². The summed E-state index contributed by atoms with van der Waals surface area (Å²) < 4.78 is 24.5. The van der Waals surface area contributed by atoms with Crippen molar-refractivity contribution >= 4 is 0 Å². The summed E-state index contributed by atoms with van der Waals surface area (Å²) in [4.78, 5) is 0. The maximum Gasteiger partial charge on any atom is 0.183 e. The molecule has 124 valence electrons. The fourth-order valence-corrected chi connectivity index (χ4v) is 3.18. The van der Waals surface area contributed by atoms with Gasteiger partial charge in [0.1, 0.15) is 0 Å². The minimum atomic E-state index is -0.258. The lowest BCUT2D eigenvalue weighted by Gasteiger charge is -2.28. The molecule has 0 radical (unpaired) electrons. The molecule has 0 amide bonds. The van der Waals surface area contributed by atoms with Gasteiger partial charge in [-0.2, -0.15) is 0 Å². The monoisotopic (exact) mass is 316 g/mol. The maximum absolute atomic E-state index is 13.0. The lowest BCUT2D eigenvalue weighted by atomic mass is 9.88. The minimum Gasteiger partial charge on any atom is -0.348 e. The first kappa shape index (κ1) is 16.4. The van der Waals surface area contributed by atoms with Gasteiger partial charge in [-0.05, 0) is 43.6 Å². The number of ether oxygens (including phenoxy) is 2. The molecule has 1 aliphatic carbocycles. The van der Waals surface area contributed by atoms with Crippen molar-refractivity contribution < 1.29 is 13.9 Å². The van der Waals surface area contributed by atoms with Crippen molar-refractivity contribution in [3.05, 3.63) is 60.0 Å². The molecule has 0 N–H and O–H groups in total. The number of halogens is 1. The van der Waals surface area contributed by atoms with E-state index in [-0.39, 0.29) is 12.1 Å². The zero-order chi connectivity index (χ0) is 16.1. The molecule has 0 bridgehead atoms. The molecule has 1 fully saturated rings. The Bertz CT molecular complexity index is 541. The molecule has 1 atom stereocenters. The Hall–Kier alpha value is -1.45. The summed E-state index contributed by atoms with van der Waals surface area (Å²) in [5, 5.41) is 0. The molecule has 1 heterocycles. The van der Waals surface area contributed by atoms with E-state index < -0.39 is 0 Å². The number of aryl methyl sites for hydroxylation is 1. The van der Waals surface area contributed by atoms with E-state index in [4.69, 9.17) is 9.47 Å². The van der Waals surface area contributed by atoms with Crippen molar-refractivity contribution in [2.45, 2.75) is 38.4 Å². The summed E-state index contributed by atoms with van der Waals surface area (Å²) in [6, 6.07) is 8.49. The molecule has 1 aromatic carbocycles. The molecule has 1 saturated heterocycles. The Kier molecular flexibility index (Phi) is 5.63. The zero-order valence-corrected chi connectivity index (χ0v) is 13.5. The standard InChI is InChI=1S/C20H25FO2/c1-2-15-13-22-20(23-14-15)18-9-5-16(6-10-18)3-4-17-7-11-19(21)12-8-17/h2,5-6,9-11,15,17,20H,1,3-4,7-8,12-14H2/t15-,17?,20-. The third-order valence-corrected chi connectivity index (χ3v) is 4.81. The van der Waals surface area contributed by atoms with Crippen molar-refractivity contribution in [3.63, 3.8) is 0 Å². The van der Waals surface area contributed by atoms with Crippen LogP contribution in [0.25, 0.3) is 0 Å². The van der Waals surface area contributed by atoms with Gasteiger partial charge in [-0.25, -0.2) is 4.39 Å². The maximum atomic E-state index is 13.0. The van der Waals surface area contributed by atoms with Crippen molar-refractivity contribution in [2.24, 2.45) is 11.8 Å². The van der Waals surface area contributed by atoms with Gasteiger partial charge in [0, 0.05) is 11.5 Å². The summed E-state index contributed by atoms with van der Waals surface area (Å²) in [7, 11) is 0.